The number of rotatable bonds is 8. The molecule has 10 nitrogen and oxygen atoms in total. The van der Waals surface area contributed by atoms with Gasteiger partial charge in [-0.2, -0.15) is 0 Å². The fraction of sp³-hybridized carbons (Fsp3) is 0.143. The number of benzene rings is 2. The van der Waals surface area contributed by atoms with Gasteiger partial charge in [-0.15, -0.1) is 0 Å². The molecule has 0 radical (unpaired) electrons. The predicted molar refractivity (Wildman–Crippen MR) is 125 cm³/mol. The molecule has 0 aliphatic carbocycles. The quantitative estimate of drug-likeness (QED) is 0.321. The van der Waals surface area contributed by atoms with Gasteiger partial charge >= 0.3 is 12.0 Å². The minimum atomic E-state index is -1.13. The minimum absolute atomic E-state index is 0.0249. The number of urea groups is 1. The van der Waals surface area contributed by atoms with Gasteiger partial charge in [0, 0.05) is 0 Å². The number of imide groups is 1. The van der Waals surface area contributed by atoms with Crippen molar-refractivity contribution in [2.24, 2.45) is 0 Å². The van der Waals surface area contributed by atoms with E-state index in [2.05, 4.69) is 42.5 Å². The molecular weight excluding hydrogens is 566 g/mol. The van der Waals surface area contributed by atoms with E-state index in [1.807, 2.05) is 0 Å². The number of para-hydroxylation sites is 2. The lowest BCUT2D eigenvalue weighted by Crippen LogP contribution is -2.38. The molecule has 1 aliphatic heterocycles. The number of amides is 4. The molecular formula is C21H17Br2N3O7. The van der Waals surface area contributed by atoms with Gasteiger partial charge in [-0.05, 0) is 67.8 Å². The fourth-order valence-electron chi connectivity index (χ4n) is 2.90. The Labute approximate surface area is 204 Å². The molecule has 172 valence electrons. The Balaban J connectivity index is 1.73. The van der Waals surface area contributed by atoms with Crippen LogP contribution >= 0.6 is 31.9 Å². The third-order valence-electron chi connectivity index (χ3n) is 4.32. The standard InChI is InChI=1S/C21H17Br2N3O7/c1-32-16-5-3-2-4-14(16)24-17(27)9-26-20(30)15(25-21(26)31)8-11-6-12(22)19(13(23)7-11)33-10-18(28)29/h2-8H,9-10H2,1H3,(H,24,27)(H,25,31)(H,28,29)/b15-8+. The third kappa shape index (κ3) is 5.90. The molecule has 0 unspecified atom stereocenters. The van der Waals surface area contributed by atoms with Crippen molar-refractivity contribution in [2.75, 3.05) is 25.6 Å². The van der Waals surface area contributed by atoms with Crippen LogP contribution < -0.4 is 20.1 Å². The van der Waals surface area contributed by atoms with Crippen LogP contribution in [0.1, 0.15) is 5.56 Å². The highest BCUT2D eigenvalue weighted by atomic mass is 79.9. The van der Waals surface area contributed by atoms with Crippen molar-refractivity contribution in [1.82, 2.24) is 10.2 Å². The number of carboxylic acids is 1. The second kappa shape index (κ2) is 10.5. The highest BCUT2D eigenvalue weighted by molar-refractivity contribution is 9.11. The van der Waals surface area contributed by atoms with Crippen molar-refractivity contribution in [2.45, 2.75) is 0 Å². The van der Waals surface area contributed by atoms with Crippen molar-refractivity contribution in [3.8, 4) is 11.5 Å². The van der Waals surface area contributed by atoms with Gasteiger partial charge in [0.25, 0.3) is 5.91 Å². The smallest absolute Gasteiger partial charge is 0.341 e. The molecule has 1 aliphatic rings. The summed E-state index contributed by atoms with van der Waals surface area (Å²) in [4.78, 5) is 48.9. The zero-order valence-corrected chi connectivity index (χ0v) is 20.2. The second-order valence-corrected chi connectivity index (χ2v) is 8.33. The van der Waals surface area contributed by atoms with Gasteiger partial charge in [0.15, 0.2) is 6.61 Å². The molecule has 0 bridgehead atoms. The summed E-state index contributed by atoms with van der Waals surface area (Å²) in [6, 6.07) is 9.19. The van der Waals surface area contributed by atoms with Crippen molar-refractivity contribution in [3.63, 3.8) is 0 Å². The number of carbonyl (C=O) groups is 4. The Hall–Kier alpha value is -3.38. The first kappa shape index (κ1) is 24.3. The van der Waals surface area contributed by atoms with E-state index in [1.54, 1.807) is 36.4 Å². The van der Waals surface area contributed by atoms with Gasteiger partial charge in [0.1, 0.15) is 23.7 Å². The minimum Gasteiger partial charge on any atom is -0.495 e. The monoisotopic (exact) mass is 581 g/mol. The molecule has 0 saturated carbocycles. The summed E-state index contributed by atoms with van der Waals surface area (Å²) in [6.07, 6.45) is 1.43. The molecule has 0 aromatic heterocycles. The first-order chi connectivity index (χ1) is 15.7. The van der Waals surface area contributed by atoms with Gasteiger partial charge in [-0.25, -0.2) is 14.5 Å². The van der Waals surface area contributed by atoms with Crippen LogP contribution in [-0.2, 0) is 14.4 Å². The fourth-order valence-corrected chi connectivity index (χ4v) is 4.35. The molecule has 2 aromatic carbocycles. The second-order valence-electron chi connectivity index (χ2n) is 6.62. The number of nitrogens with zero attached hydrogens (tertiary/aromatic N) is 1. The highest BCUT2D eigenvalue weighted by Crippen LogP contribution is 2.35. The van der Waals surface area contributed by atoms with E-state index in [0.29, 0.717) is 25.9 Å². The lowest BCUT2D eigenvalue weighted by atomic mass is 10.2. The van der Waals surface area contributed by atoms with E-state index < -0.39 is 37.0 Å². The number of hydrogen-bond donors (Lipinski definition) is 3. The largest absolute Gasteiger partial charge is 0.495 e. The van der Waals surface area contributed by atoms with Crippen LogP contribution in [0.4, 0.5) is 10.5 Å². The summed E-state index contributed by atoms with van der Waals surface area (Å²) >= 11 is 6.58. The van der Waals surface area contributed by atoms with Crippen LogP contribution in [0, 0.1) is 0 Å². The maximum absolute atomic E-state index is 12.7. The van der Waals surface area contributed by atoms with E-state index in [9.17, 15) is 19.2 Å². The van der Waals surface area contributed by atoms with Crippen molar-refractivity contribution in [3.05, 3.63) is 56.6 Å². The molecule has 2 aromatic rings. The van der Waals surface area contributed by atoms with Gasteiger partial charge < -0.3 is 25.2 Å². The van der Waals surface area contributed by atoms with Crippen LogP contribution in [0.15, 0.2) is 51.0 Å². The third-order valence-corrected chi connectivity index (χ3v) is 5.49. The zero-order chi connectivity index (χ0) is 24.1. The molecule has 12 heteroatoms. The molecule has 3 N–H and O–H groups in total. The summed E-state index contributed by atoms with van der Waals surface area (Å²) in [6.45, 7) is -1.02. The van der Waals surface area contributed by atoms with Gasteiger partial charge in [0.2, 0.25) is 5.91 Å². The maximum atomic E-state index is 12.7. The Morgan fingerprint density at radius 1 is 1.18 bits per heavy atom. The number of carboxylic acid groups (broad SMARTS) is 1. The van der Waals surface area contributed by atoms with Crippen LogP contribution in [0.2, 0.25) is 0 Å². The Morgan fingerprint density at radius 2 is 1.85 bits per heavy atom. The summed E-state index contributed by atoms with van der Waals surface area (Å²) in [5.41, 5.74) is 0.899. The topological polar surface area (TPSA) is 134 Å². The van der Waals surface area contributed by atoms with Crippen molar-refractivity contribution >= 4 is 67.4 Å². The number of carbonyl (C=O) groups excluding carboxylic acids is 3. The average molecular weight is 583 g/mol. The summed E-state index contributed by atoms with van der Waals surface area (Å²) < 4.78 is 11.3. The molecule has 0 atom stereocenters. The highest BCUT2D eigenvalue weighted by Gasteiger charge is 2.35. The number of nitrogens with one attached hydrogen (secondary N) is 2. The molecule has 1 heterocycles. The summed E-state index contributed by atoms with van der Waals surface area (Å²) in [5.74, 6) is -1.66. The van der Waals surface area contributed by atoms with Gasteiger partial charge in [-0.1, -0.05) is 12.1 Å². The van der Waals surface area contributed by atoms with Gasteiger partial charge in [-0.3, -0.25) is 9.59 Å². The lowest BCUT2D eigenvalue weighted by molar-refractivity contribution is -0.139. The SMILES string of the molecule is COc1ccccc1NC(=O)CN1C(=O)N/C(=C/c2cc(Br)c(OCC(=O)O)c(Br)c2)C1=O. The van der Waals surface area contributed by atoms with E-state index in [0.717, 1.165) is 4.90 Å². The number of anilines is 1. The summed E-state index contributed by atoms with van der Waals surface area (Å²) in [7, 11) is 1.46. The number of halogens is 2. The van der Waals surface area contributed by atoms with Crippen LogP contribution in [0.25, 0.3) is 6.08 Å². The van der Waals surface area contributed by atoms with Crippen molar-refractivity contribution in [1.29, 1.82) is 0 Å². The molecule has 4 amide bonds. The van der Waals surface area contributed by atoms with E-state index in [4.69, 9.17) is 14.6 Å². The molecule has 3 rings (SSSR count). The van der Waals surface area contributed by atoms with E-state index >= 15 is 0 Å². The van der Waals surface area contributed by atoms with Crippen molar-refractivity contribution < 1.29 is 33.8 Å². The van der Waals surface area contributed by atoms with Crippen LogP contribution in [0.5, 0.6) is 11.5 Å². The Kier molecular flexibility index (Phi) is 7.71. The first-order valence-electron chi connectivity index (χ1n) is 9.30. The van der Waals surface area contributed by atoms with Crippen LogP contribution in [-0.4, -0.2) is 54.1 Å². The van der Waals surface area contributed by atoms with E-state index in [1.165, 1.54) is 13.2 Å². The Morgan fingerprint density at radius 3 is 2.48 bits per heavy atom. The van der Waals surface area contributed by atoms with E-state index in [-0.39, 0.29) is 11.4 Å². The lowest BCUT2D eigenvalue weighted by Gasteiger charge is -2.13. The van der Waals surface area contributed by atoms with Crippen LogP contribution in [0.3, 0.4) is 0 Å². The molecule has 1 saturated heterocycles. The first-order valence-corrected chi connectivity index (χ1v) is 10.9. The average Bonchev–Trinajstić information content (AvgIpc) is 3.00. The predicted octanol–water partition coefficient (Wildman–Crippen LogP) is 3.22. The number of methoxy groups -OCH3 is 1. The number of hydrogen-bond acceptors (Lipinski definition) is 6. The number of aliphatic carboxylic acids is 1. The van der Waals surface area contributed by atoms with Gasteiger partial charge in [0.05, 0.1) is 21.7 Å². The number of ether oxygens (including phenoxy) is 2. The molecule has 33 heavy (non-hydrogen) atoms. The Bertz CT molecular complexity index is 1140. The normalized spacial score (nSPS) is 14.3. The zero-order valence-electron chi connectivity index (χ0n) is 17.1. The summed E-state index contributed by atoms with van der Waals surface area (Å²) in [5, 5.41) is 13.8. The molecule has 1 fully saturated rings. The maximum Gasteiger partial charge on any atom is 0.341 e. The molecule has 0 spiro atoms.